The van der Waals surface area contributed by atoms with Crippen LogP contribution in [0.1, 0.15) is 46.9 Å². The molecule has 54 heavy (non-hydrogen) atoms. The van der Waals surface area contributed by atoms with Crippen molar-refractivity contribution in [2.75, 3.05) is 39.9 Å². The van der Waals surface area contributed by atoms with Crippen molar-refractivity contribution in [3.05, 3.63) is 107 Å². The van der Waals surface area contributed by atoms with Crippen molar-refractivity contribution in [2.45, 2.75) is 44.7 Å². The van der Waals surface area contributed by atoms with E-state index in [1.165, 1.54) is 11.9 Å². The number of nitrogens with zero attached hydrogens (tertiary/aromatic N) is 1. The number of hydrogen-bond donors (Lipinski definition) is 5. The molecule has 7 N–H and O–H groups in total. The first kappa shape index (κ1) is 39.6. The van der Waals surface area contributed by atoms with Crippen LogP contribution in [-0.4, -0.2) is 88.4 Å². The van der Waals surface area contributed by atoms with Gasteiger partial charge in [-0.25, -0.2) is 0 Å². The van der Waals surface area contributed by atoms with Gasteiger partial charge in [0.05, 0.1) is 14.4 Å². The Morgan fingerprint density at radius 2 is 1.41 bits per heavy atom. The van der Waals surface area contributed by atoms with Gasteiger partial charge in [0.15, 0.2) is 0 Å². The molecule has 1 aliphatic rings. The molecule has 4 bridgehead atoms. The van der Waals surface area contributed by atoms with Crippen LogP contribution < -0.4 is 36.9 Å². The lowest BCUT2D eigenvalue weighted by Crippen LogP contribution is -2.52. The van der Waals surface area contributed by atoms with Crippen LogP contribution in [0.4, 0.5) is 0 Å². The lowest BCUT2D eigenvalue weighted by molar-refractivity contribution is -0.139. The second kappa shape index (κ2) is 18.4. The van der Waals surface area contributed by atoms with Crippen molar-refractivity contribution in [3.8, 4) is 33.8 Å². The maximum absolute atomic E-state index is 14.1. The third-order valence-electron chi connectivity index (χ3n) is 9.19. The average molecular weight is 731 g/mol. The van der Waals surface area contributed by atoms with Crippen molar-refractivity contribution < 1.29 is 28.7 Å². The summed E-state index contributed by atoms with van der Waals surface area (Å²) in [5, 5.41) is 8.44. The number of carbonyl (C=O) groups excluding carboxylic acids is 4. The quantitative estimate of drug-likeness (QED) is 0.138. The summed E-state index contributed by atoms with van der Waals surface area (Å²) in [6.45, 7) is 4.14. The van der Waals surface area contributed by atoms with Gasteiger partial charge >= 0.3 is 0 Å². The molecule has 4 aromatic carbocycles. The number of hydrogen-bond acceptors (Lipinski definition) is 8. The summed E-state index contributed by atoms with van der Waals surface area (Å²) in [5.41, 5.74) is 17.5. The highest BCUT2D eigenvalue weighted by atomic mass is 16.5. The molecule has 2 radical (unpaired) electrons. The molecule has 0 fully saturated rings. The zero-order chi connectivity index (χ0) is 38.8. The van der Waals surface area contributed by atoms with E-state index in [0.29, 0.717) is 53.0 Å². The predicted molar refractivity (Wildman–Crippen MR) is 209 cm³/mol. The van der Waals surface area contributed by atoms with Crippen LogP contribution in [0.15, 0.2) is 84.9 Å². The lowest BCUT2D eigenvalue weighted by atomic mass is 9.94. The second-order valence-electron chi connectivity index (χ2n) is 13.3. The summed E-state index contributed by atoms with van der Waals surface area (Å²) < 4.78 is 12.1. The van der Waals surface area contributed by atoms with Crippen molar-refractivity contribution in [1.29, 1.82) is 0 Å². The topological polar surface area (TPSA) is 178 Å². The van der Waals surface area contributed by atoms with Crippen molar-refractivity contribution in [3.63, 3.8) is 0 Å². The average Bonchev–Trinajstić information content (AvgIpc) is 3.18. The van der Waals surface area contributed by atoms with E-state index in [0.717, 1.165) is 22.3 Å². The molecule has 280 valence electrons. The minimum absolute atomic E-state index is 0.234. The molecule has 3 atom stereocenters. The van der Waals surface area contributed by atoms with Gasteiger partial charge in [-0.3, -0.25) is 19.2 Å². The highest BCUT2D eigenvalue weighted by Gasteiger charge is 2.32. The van der Waals surface area contributed by atoms with Gasteiger partial charge in [-0.05, 0) is 78.9 Å². The third kappa shape index (κ3) is 9.66. The van der Waals surface area contributed by atoms with Gasteiger partial charge in [-0.2, -0.15) is 0 Å². The fourth-order valence-corrected chi connectivity index (χ4v) is 6.29. The summed E-state index contributed by atoms with van der Waals surface area (Å²) in [6, 6.07) is 23.4. The fraction of sp³-hybridized carbons (Fsp3) is 0.317. The lowest BCUT2D eigenvalue weighted by Gasteiger charge is -2.30. The van der Waals surface area contributed by atoms with Gasteiger partial charge in [0.2, 0.25) is 17.7 Å². The molecule has 0 saturated heterocycles. The first-order chi connectivity index (χ1) is 26.0. The van der Waals surface area contributed by atoms with E-state index in [9.17, 15) is 19.2 Å². The summed E-state index contributed by atoms with van der Waals surface area (Å²) >= 11 is 0. The number of carbonyl (C=O) groups is 4. The fourth-order valence-electron chi connectivity index (χ4n) is 6.29. The Morgan fingerprint density at radius 1 is 0.815 bits per heavy atom. The Morgan fingerprint density at radius 3 is 2.02 bits per heavy atom. The molecular formula is C41H47BN6O6. The minimum Gasteiger partial charge on any atom is -0.492 e. The van der Waals surface area contributed by atoms with Crippen LogP contribution in [0.3, 0.4) is 0 Å². The molecule has 0 saturated carbocycles. The Balaban J connectivity index is 1.46. The van der Waals surface area contributed by atoms with E-state index in [4.69, 9.17) is 28.8 Å². The summed E-state index contributed by atoms with van der Waals surface area (Å²) in [6.07, 6.45) is 0.959. The second-order valence-corrected chi connectivity index (χ2v) is 13.3. The summed E-state index contributed by atoms with van der Waals surface area (Å²) in [4.78, 5) is 55.5. The smallest absolute Gasteiger partial charge is 0.251 e. The third-order valence-corrected chi connectivity index (χ3v) is 9.19. The number of likely N-dealkylation sites (N-methyl/N-ethyl adjacent to an activating group) is 1. The SMILES string of the molecule is [B]Cc1ccc(-c2ccc(C(=O)NCC(=O)N(C)C3C(=O)N[C@@H](C)C(=O)NC(C)Cc4ccc(OCCN)c(c4)-c4cc3ccc4OCCN)cc2)cc1. The normalized spacial score (nSPS) is 17.0. The van der Waals surface area contributed by atoms with Gasteiger partial charge in [0, 0.05) is 42.9 Å². The molecule has 0 spiro atoms. The number of amides is 4. The maximum atomic E-state index is 14.1. The van der Waals surface area contributed by atoms with Crippen molar-refractivity contribution >= 4 is 31.5 Å². The zero-order valence-corrected chi connectivity index (χ0v) is 30.9. The molecule has 4 aromatic rings. The molecule has 0 aromatic heterocycles. The Bertz CT molecular complexity index is 1950. The number of benzene rings is 4. The predicted octanol–water partition coefficient (Wildman–Crippen LogP) is 2.86. The number of nitrogens with two attached hydrogens (primary N) is 2. The van der Waals surface area contributed by atoms with Crippen LogP contribution in [-0.2, 0) is 27.1 Å². The Labute approximate surface area is 317 Å². The molecule has 2 unspecified atom stereocenters. The van der Waals surface area contributed by atoms with E-state index in [-0.39, 0.29) is 31.7 Å². The van der Waals surface area contributed by atoms with Gasteiger partial charge in [0.25, 0.3) is 5.91 Å². The molecule has 5 rings (SSSR count). The van der Waals surface area contributed by atoms with Crippen LogP contribution in [0, 0.1) is 0 Å². The zero-order valence-electron chi connectivity index (χ0n) is 30.9. The molecule has 1 heterocycles. The van der Waals surface area contributed by atoms with E-state index in [1.807, 2.05) is 61.5 Å². The highest BCUT2D eigenvalue weighted by Crippen LogP contribution is 2.40. The Kier molecular flexibility index (Phi) is 13.5. The molecular weight excluding hydrogens is 683 g/mol. The van der Waals surface area contributed by atoms with Gasteiger partial charge < -0.3 is 41.8 Å². The monoisotopic (exact) mass is 730 g/mol. The van der Waals surface area contributed by atoms with Crippen LogP contribution >= 0.6 is 0 Å². The number of ether oxygens (including phenoxy) is 2. The largest absolute Gasteiger partial charge is 0.492 e. The minimum atomic E-state index is -1.20. The van der Waals surface area contributed by atoms with Gasteiger partial charge in [-0.1, -0.05) is 60.4 Å². The van der Waals surface area contributed by atoms with Gasteiger partial charge in [0.1, 0.15) is 36.8 Å². The Hall–Kier alpha value is -5.66. The standard InChI is InChI=1S/C41H47BN6O6/c1-25-20-28-6-14-35(53-18-16-43)33(21-28)34-22-32(13-15-36(34)54-19-17-44)38(41(52)47-26(2)39(50)46-25)48(3)37(49)24-45-40(51)31-11-9-30(10-12-31)29-7-4-27(23-42)5-8-29/h4-15,21-22,25-26,38H,16-20,23-24,43-44H2,1-3H3,(H,45,51)(H,46,50)(H,47,52)/t25?,26-,38?/m0/s1. The molecule has 1 aliphatic heterocycles. The molecule has 4 amide bonds. The first-order valence-corrected chi connectivity index (χ1v) is 18.0. The molecule has 13 heteroatoms. The number of rotatable bonds is 12. The number of nitrogens with one attached hydrogen (secondary N) is 3. The van der Waals surface area contributed by atoms with Crippen molar-refractivity contribution in [2.24, 2.45) is 11.5 Å². The van der Waals surface area contributed by atoms with E-state index < -0.39 is 36.3 Å². The van der Waals surface area contributed by atoms with Gasteiger partial charge in [-0.15, -0.1) is 0 Å². The summed E-state index contributed by atoms with van der Waals surface area (Å²) in [7, 11) is 7.19. The maximum Gasteiger partial charge on any atom is 0.251 e. The van der Waals surface area contributed by atoms with Crippen LogP contribution in [0.25, 0.3) is 22.3 Å². The molecule has 0 aliphatic carbocycles. The van der Waals surface area contributed by atoms with Crippen LogP contribution in [0.2, 0.25) is 0 Å². The van der Waals surface area contributed by atoms with Crippen molar-refractivity contribution in [1.82, 2.24) is 20.9 Å². The molecule has 12 nitrogen and oxygen atoms in total. The first-order valence-electron chi connectivity index (χ1n) is 18.0. The highest BCUT2D eigenvalue weighted by molar-refractivity contribution is 6.08. The summed E-state index contributed by atoms with van der Waals surface area (Å²) in [5.74, 6) is -0.909. The number of fused-ring (bicyclic) bond motifs is 5. The van der Waals surface area contributed by atoms with Crippen LogP contribution in [0.5, 0.6) is 11.5 Å². The van der Waals surface area contributed by atoms with E-state index in [2.05, 4.69) is 16.0 Å². The van der Waals surface area contributed by atoms with E-state index >= 15 is 0 Å². The van der Waals surface area contributed by atoms with E-state index in [1.54, 1.807) is 37.3 Å².